The first-order valence-corrected chi connectivity index (χ1v) is 11.0. The minimum absolute atomic E-state index is 0.0653. The smallest absolute Gasteiger partial charge is 0.262 e. The van der Waals surface area contributed by atoms with Crippen molar-refractivity contribution in [2.24, 2.45) is 0 Å². The Bertz CT molecular complexity index is 1210. The van der Waals surface area contributed by atoms with E-state index in [0.29, 0.717) is 5.76 Å². The molecule has 1 aromatic heterocycles. The third kappa shape index (κ3) is 5.92. The van der Waals surface area contributed by atoms with Crippen molar-refractivity contribution in [2.45, 2.75) is 24.4 Å². The van der Waals surface area contributed by atoms with Gasteiger partial charge in [-0.2, -0.15) is 5.26 Å². The van der Waals surface area contributed by atoms with Crippen LogP contribution in [0.3, 0.4) is 0 Å². The molecule has 0 radical (unpaired) electrons. The summed E-state index contributed by atoms with van der Waals surface area (Å²) in [7, 11) is -3.67. The first-order chi connectivity index (χ1) is 14.9. The normalized spacial score (nSPS) is 12.7. The zero-order valence-electron chi connectivity index (χ0n) is 16.8. The Morgan fingerprint density at radius 3 is 2.35 bits per heavy atom. The van der Waals surface area contributed by atoms with E-state index in [0.717, 1.165) is 5.56 Å². The second-order valence-electron chi connectivity index (χ2n) is 6.72. The van der Waals surface area contributed by atoms with Gasteiger partial charge in [0, 0.05) is 6.08 Å². The number of hydrogen-bond donors (Lipinski definition) is 2. The van der Waals surface area contributed by atoms with Crippen molar-refractivity contribution < 1.29 is 17.6 Å². The van der Waals surface area contributed by atoms with Gasteiger partial charge in [-0.3, -0.25) is 4.79 Å². The molecule has 0 aliphatic rings. The van der Waals surface area contributed by atoms with Gasteiger partial charge >= 0.3 is 0 Å². The second-order valence-corrected chi connectivity index (χ2v) is 8.48. The van der Waals surface area contributed by atoms with Crippen molar-refractivity contribution in [1.82, 2.24) is 10.0 Å². The number of carbonyl (C=O) groups excluding carboxylic acids is 1. The van der Waals surface area contributed by atoms with E-state index in [4.69, 9.17) is 4.42 Å². The molecular weight excluding hydrogens is 414 g/mol. The minimum atomic E-state index is -3.67. The lowest BCUT2D eigenvalue weighted by atomic mass is 10.1. The predicted octanol–water partition coefficient (Wildman–Crippen LogP) is 3.54. The van der Waals surface area contributed by atoms with Crippen molar-refractivity contribution >= 4 is 22.0 Å². The van der Waals surface area contributed by atoms with E-state index in [1.54, 1.807) is 30.3 Å². The molecule has 8 heteroatoms. The molecule has 0 aliphatic heterocycles. The fourth-order valence-corrected chi connectivity index (χ4v) is 3.82. The molecule has 0 saturated heterocycles. The highest BCUT2D eigenvalue weighted by molar-refractivity contribution is 7.89. The van der Waals surface area contributed by atoms with Gasteiger partial charge in [0.05, 0.1) is 17.5 Å². The Balaban J connectivity index is 1.65. The van der Waals surface area contributed by atoms with Crippen molar-refractivity contribution in [3.63, 3.8) is 0 Å². The van der Waals surface area contributed by atoms with Crippen LogP contribution in [0.4, 0.5) is 0 Å². The first-order valence-electron chi connectivity index (χ1n) is 9.50. The number of nitrogens with zero attached hydrogens (tertiary/aromatic N) is 1. The standard InChI is InChI=1S/C23H21N3O4S/c1-17(18-8-4-2-5-9-18)26-23(27)19(15-24)14-20-12-13-21(30-20)16-25-31(28,29)22-10-6-3-7-11-22/h2-14,17,25H,16H2,1H3,(H,26,27)/b19-14+/t17-/m1/s1. The Hall–Kier alpha value is -3.67. The summed E-state index contributed by atoms with van der Waals surface area (Å²) in [6.45, 7) is 1.76. The van der Waals surface area contributed by atoms with Crippen LogP contribution in [0.5, 0.6) is 0 Å². The quantitative estimate of drug-likeness (QED) is 0.415. The number of nitrogens with one attached hydrogen (secondary N) is 2. The van der Waals surface area contributed by atoms with Gasteiger partial charge in [0.15, 0.2) is 0 Å². The highest BCUT2D eigenvalue weighted by Gasteiger charge is 2.16. The molecule has 1 amide bonds. The molecule has 1 atom stereocenters. The summed E-state index contributed by atoms with van der Waals surface area (Å²) in [5.41, 5.74) is 0.799. The molecule has 2 aromatic carbocycles. The topological polar surface area (TPSA) is 112 Å². The van der Waals surface area contributed by atoms with E-state index in [-0.39, 0.29) is 28.8 Å². The summed E-state index contributed by atoms with van der Waals surface area (Å²) in [6, 6.07) is 22.1. The average Bonchev–Trinajstić information content (AvgIpc) is 3.25. The van der Waals surface area contributed by atoms with Gasteiger partial charge in [-0.25, -0.2) is 13.1 Å². The van der Waals surface area contributed by atoms with Gasteiger partial charge in [0.25, 0.3) is 5.91 Å². The summed E-state index contributed by atoms with van der Waals surface area (Å²) in [5.74, 6) is 0.0932. The lowest BCUT2D eigenvalue weighted by Crippen LogP contribution is -2.27. The summed E-state index contributed by atoms with van der Waals surface area (Å²) in [6.07, 6.45) is 1.32. The van der Waals surface area contributed by atoms with Gasteiger partial charge in [-0.1, -0.05) is 48.5 Å². The Morgan fingerprint density at radius 1 is 1.06 bits per heavy atom. The summed E-state index contributed by atoms with van der Waals surface area (Å²) < 4.78 is 32.6. The van der Waals surface area contributed by atoms with E-state index < -0.39 is 15.9 Å². The van der Waals surface area contributed by atoms with Crippen LogP contribution in [0.25, 0.3) is 6.08 Å². The van der Waals surface area contributed by atoms with Crippen LogP contribution in [0.2, 0.25) is 0 Å². The SMILES string of the molecule is C[C@@H](NC(=O)/C(C#N)=C/c1ccc(CNS(=O)(=O)c2ccccc2)o1)c1ccccc1. The Kier molecular flexibility index (Phi) is 7.03. The molecule has 2 N–H and O–H groups in total. The van der Waals surface area contributed by atoms with Crippen LogP contribution >= 0.6 is 0 Å². The zero-order chi connectivity index (χ0) is 22.3. The number of amides is 1. The molecule has 0 spiro atoms. The number of nitriles is 1. The molecule has 31 heavy (non-hydrogen) atoms. The summed E-state index contributed by atoms with van der Waals surface area (Å²) in [5, 5.41) is 12.1. The van der Waals surface area contributed by atoms with E-state index >= 15 is 0 Å². The third-order valence-corrected chi connectivity index (χ3v) is 5.89. The van der Waals surface area contributed by atoms with Crippen molar-refractivity contribution in [1.29, 1.82) is 5.26 Å². The van der Waals surface area contributed by atoms with Crippen LogP contribution < -0.4 is 10.0 Å². The van der Waals surface area contributed by atoms with Gasteiger partial charge < -0.3 is 9.73 Å². The number of sulfonamides is 1. The lowest BCUT2D eigenvalue weighted by Gasteiger charge is -2.13. The molecule has 1 heterocycles. The molecule has 7 nitrogen and oxygen atoms in total. The zero-order valence-corrected chi connectivity index (χ0v) is 17.6. The fraction of sp³-hybridized carbons (Fsp3) is 0.130. The second kappa shape index (κ2) is 9.89. The number of benzene rings is 2. The molecule has 0 bridgehead atoms. The van der Waals surface area contributed by atoms with Gasteiger partial charge in [-0.15, -0.1) is 0 Å². The fourth-order valence-electron chi connectivity index (χ4n) is 2.81. The predicted molar refractivity (Wildman–Crippen MR) is 116 cm³/mol. The van der Waals surface area contributed by atoms with Crippen molar-refractivity contribution in [2.75, 3.05) is 0 Å². The first kappa shape index (κ1) is 22.0. The molecule has 3 rings (SSSR count). The lowest BCUT2D eigenvalue weighted by molar-refractivity contribution is -0.117. The number of rotatable bonds is 8. The third-order valence-electron chi connectivity index (χ3n) is 4.47. The van der Waals surface area contributed by atoms with Crippen LogP contribution in [0.15, 0.2) is 87.7 Å². The van der Waals surface area contributed by atoms with E-state index in [1.165, 1.54) is 18.2 Å². The number of furan rings is 1. The van der Waals surface area contributed by atoms with Crippen LogP contribution in [0, 0.1) is 11.3 Å². The molecule has 0 fully saturated rings. The molecular formula is C23H21N3O4S. The monoisotopic (exact) mass is 435 g/mol. The van der Waals surface area contributed by atoms with Crippen molar-refractivity contribution in [3.05, 3.63) is 95.5 Å². The number of carbonyl (C=O) groups is 1. The summed E-state index contributed by atoms with van der Waals surface area (Å²) in [4.78, 5) is 12.6. The van der Waals surface area contributed by atoms with Crippen LogP contribution in [-0.2, 0) is 21.4 Å². The molecule has 158 valence electrons. The maximum Gasteiger partial charge on any atom is 0.262 e. The van der Waals surface area contributed by atoms with Gasteiger partial charge in [0.1, 0.15) is 23.2 Å². The molecule has 0 aliphatic carbocycles. The van der Waals surface area contributed by atoms with Gasteiger partial charge in [0.2, 0.25) is 10.0 Å². The van der Waals surface area contributed by atoms with Gasteiger partial charge in [-0.05, 0) is 36.8 Å². The summed E-state index contributed by atoms with van der Waals surface area (Å²) >= 11 is 0. The minimum Gasteiger partial charge on any atom is -0.460 e. The van der Waals surface area contributed by atoms with E-state index in [9.17, 15) is 18.5 Å². The van der Waals surface area contributed by atoms with E-state index in [1.807, 2.05) is 43.3 Å². The highest BCUT2D eigenvalue weighted by atomic mass is 32.2. The highest BCUT2D eigenvalue weighted by Crippen LogP contribution is 2.16. The maximum atomic E-state index is 12.4. The largest absolute Gasteiger partial charge is 0.460 e. The average molecular weight is 436 g/mol. The molecule has 0 saturated carbocycles. The number of hydrogen-bond acceptors (Lipinski definition) is 5. The van der Waals surface area contributed by atoms with E-state index in [2.05, 4.69) is 10.0 Å². The molecule has 3 aromatic rings. The van der Waals surface area contributed by atoms with Crippen molar-refractivity contribution in [3.8, 4) is 6.07 Å². The molecule has 0 unspecified atom stereocenters. The Labute approximate surface area is 181 Å². The maximum absolute atomic E-state index is 12.4. The van der Waals surface area contributed by atoms with Crippen LogP contribution in [-0.4, -0.2) is 14.3 Å². The Morgan fingerprint density at radius 2 is 1.71 bits per heavy atom. The van der Waals surface area contributed by atoms with Crippen LogP contribution in [0.1, 0.15) is 30.0 Å².